The highest BCUT2D eigenvalue weighted by Gasteiger charge is 2.19. The summed E-state index contributed by atoms with van der Waals surface area (Å²) >= 11 is 0. The highest BCUT2D eigenvalue weighted by Crippen LogP contribution is 2.15. The summed E-state index contributed by atoms with van der Waals surface area (Å²) in [5.74, 6) is -1.40. The van der Waals surface area contributed by atoms with Crippen LogP contribution in [-0.4, -0.2) is 23.8 Å². The number of nitrogens with two attached hydrogens (primary N) is 1. The minimum absolute atomic E-state index is 0.262. The number of para-hydroxylation sites is 1. The Morgan fingerprint density at radius 2 is 1.69 bits per heavy atom. The van der Waals surface area contributed by atoms with Gasteiger partial charge < -0.3 is 16.4 Å². The standard InChI is InChI=1S/C20H21N3O3/c1-14(24)22-17-12-6-5-11-16(17)20(26)23-18(19(21)25)13-7-10-15-8-3-2-4-9-15/h2-12,18H,13H2,1H3,(H2,21,25)(H,22,24)(H,23,26)/b10-7+/t18-/m0/s1. The molecule has 0 spiro atoms. The van der Waals surface area contributed by atoms with Gasteiger partial charge >= 0.3 is 0 Å². The molecule has 0 saturated carbocycles. The van der Waals surface area contributed by atoms with Crippen LogP contribution in [0.25, 0.3) is 6.08 Å². The number of carbonyl (C=O) groups is 3. The molecule has 134 valence electrons. The maximum absolute atomic E-state index is 12.5. The molecule has 0 fully saturated rings. The zero-order valence-electron chi connectivity index (χ0n) is 14.4. The molecule has 0 aliphatic heterocycles. The van der Waals surface area contributed by atoms with E-state index in [1.54, 1.807) is 30.3 Å². The molecule has 2 rings (SSSR count). The Bertz CT molecular complexity index is 816. The van der Waals surface area contributed by atoms with Crippen molar-refractivity contribution < 1.29 is 14.4 Å². The van der Waals surface area contributed by atoms with Crippen molar-refractivity contribution in [3.05, 3.63) is 71.8 Å². The first-order chi connectivity index (χ1) is 12.5. The van der Waals surface area contributed by atoms with Crippen molar-refractivity contribution in [3.63, 3.8) is 0 Å². The van der Waals surface area contributed by atoms with Crippen molar-refractivity contribution in [1.29, 1.82) is 0 Å². The number of benzene rings is 2. The Morgan fingerprint density at radius 3 is 2.35 bits per heavy atom. The molecule has 0 unspecified atom stereocenters. The summed E-state index contributed by atoms with van der Waals surface area (Å²) in [4.78, 5) is 35.4. The zero-order chi connectivity index (χ0) is 18.9. The van der Waals surface area contributed by atoms with E-state index in [1.165, 1.54) is 6.92 Å². The number of amides is 3. The van der Waals surface area contributed by atoms with E-state index in [0.717, 1.165) is 5.56 Å². The van der Waals surface area contributed by atoms with Crippen LogP contribution in [0.2, 0.25) is 0 Å². The molecule has 6 nitrogen and oxygen atoms in total. The Kier molecular flexibility index (Phi) is 6.68. The topological polar surface area (TPSA) is 101 Å². The quantitative estimate of drug-likeness (QED) is 0.713. The van der Waals surface area contributed by atoms with E-state index in [2.05, 4.69) is 10.6 Å². The van der Waals surface area contributed by atoms with Gasteiger partial charge in [-0.2, -0.15) is 0 Å². The Morgan fingerprint density at radius 1 is 1.04 bits per heavy atom. The number of anilines is 1. The van der Waals surface area contributed by atoms with Gasteiger partial charge in [0.2, 0.25) is 11.8 Å². The number of carbonyl (C=O) groups excluding carboxylic acids is 3. The highest BCUT2D eigenvalue weighted by atomic mass is 16.2. The minimum Gasteiger partial charge on any atom is -0.368 e. The molecule has 6 heteroatoms. The molecule has 0 aromatic heterocycles. The molecule has 1 atom stereocenters. The zero-order valence-corrected chi connectivity index (χ0v) is 14.4. The Balaban J connectivity index is 2.08. The number of nitrogens with one attached hydrogen (secondary N) is 2. The van der Waals surface area contributed by atoms with Crippen LogP contribution in [0.4, 0.5) is 5.69 Å². The predicted octanol–water partition coefficient (Wildman–Crippen LogP) is 2.33. The fourth-order valence-electron chi connectivity index (χ4n) is 2.37. The lowest BCUT2D eigenvalue weighted by molar-refractivity contribution is -0.119. The molecule has 26 heavy (non-hydrogen) atoms. The first-order valence-corrected chi connectivity index (χ1v) is 8.15. The third kappa shape index (κ3) is 5.59. The van der Waals surface area contributed by atoms with Crippen LogP contribution in [0.5, 0.6) is 0 Å². The van der Waals surface area contributed by atoms with Crippen LogP contribution in [0.3, 0.4) is 0 Å². The van der Waals surface area contributed by atoms with Crippen LogP contribution >= 0.6 is 0 Å². The summed E-state index contributed by atoms with van der Waals surface area (Å²) in [6.45, 7) is 1.36. The van der Waals surface area contributed by atoms with E-state index >= 15 is 0 Å². The SMILES string of the molecule is CC(=O)Nc1ccccc1C(=O)N[C@@H](C/C=C/c1ccccc1)C(N)=O. The van der Waals surface area contributed by atoms with Crippen LogP contribution < -0.4 is 16.4 Å². The maximum Gasteiger partial charge on any atom is 0.254 e. The molecule has 2 aromatic rings. The molecule has 4 N–H and O–H groups in total. The third-order valence-corrected chi connectivity index (χ3v) is 3.61. The third-order valence-electron chi connectivity index (χ3n) is 3.61. The van der Waals surface area contributed by atoms with Gasteiger partial charge in [0.1, 0.15) is 6.04 Å². The normalized spacial score (nSPS) is 11.7. The summed E-state index contributed by atoms with van der Waals surface area (Å²) in [7, 11) is 0. The fourth-order valence-corrected chi connectivity index (χ4v) is 2.37. The summed E-state index contributed by atoms with van der Waals surface area (Å²) in [6.07, 6.45) is 3.90. The average molecular weight is 351 g/mol. The van der Waals surface area contributed by atoms with Gasteiger partial charge in [-0.15, -0.1) is 0 Å². The van der Waals surface area contributed by atoms with Crippen molar-refractivity contribution >= 4 is 29.5 Å². The first-order valence-electron chi connectivity index (χ1n) is 8.15. The molecule has 0 saturated heterocycles. The lowest BCUT2D eigenvalue weighted by Gasteiger charge is -2.15. The average Bonchev–Trinajstić information content (AvgIpc) is 2.61. The molecule has 2 aromatic carbocycles. The largest absolute Gasteiger partial charge is 0.368 e. The molecule has 0 radical (unpaired) electrons. The van der Waals surface area contributed by atoms with Crippen molar-refractivity contribution in [2.75, 3.05) is 5.32 Å². The number of primary amides is 1. The van der Waals surface area contributed by atoms with Crippen LogP contribution in [-0.2, 0) is 9.59 Å². The molecule has 0 bridgehead atoms. The fraction of sp³-hybridized carbons (Fsp3) is 0.150. The van der Waals surface area contributed by atoms with Gasteiger partial charge in [-0.1, -0.05) is 54.6 Å². The molecule has 3 amide bonds. The molecular formula is C20H21N3O3. The second-order valence-corrected chi connectivity index (χ2v) is 5.70. The van der Waals surface area contributed by atoms with Crippen molar-refractivity contribution in [3.8, 4) is 0 Å². The highest BCUT2D eigenvalue weighted by molar-refractivity contribution is 6.04. The van der Waals surface area contributed by atoms with E-state index < -0.39 is 17.9 Å². The Labute approximate surface area is 152 Å². The second kappa shape index (κ2) is 9.17. The lowest BCUT2D eigenvalue weighted by Crippen LogP contribution is -2.44. The van der Waals surface area contributed by atoms with E-state index in [1.807, 2.05) is 36.4 Å². The summed E-state index contributed by atoms with van der Waals surface area (Å²) in [5, 5.41) is 5.21. The van der Waals surface area contributed by atoms with Crippen LogP contribution in [0.1, 0.15) is 29.3 Å². The van der Waals surface area contributed by atoms with E-state index in [9.17, 15) is 14.4 Å². The number of rotatable bonds is 7. The second-order valence-electron chi connectivity index (χ2n) is 5.70. The van der Waals surface area contributed by atoms with Gasteiger partial charge in [-0.25, -0.2) is 0 Å². The van der Waals surface area contributed by atoms with E-state index in [-0.39, 0.29) is 17.9 Å². The van der Waals surface area contributed by atoms with Gasteiger partial charge in [0.15, 0.2) is 0 Å². The van der Waals surface area contributed by atoms with Crippen LogP contribution in [0.15, 0.2) is 60.7 Å². The van der Waals surface area contributed by atoms with Crippen molar-refractivity contribution in [2.24, 2.45) is 5.73 Å². The van der Waals surface area contributed by atoms with Gasteiger partial charge in [-0.05, 0) is 24.1 Å². The molecule has 0 aliphatic carbocycles. The maximum atomic E-state index is 12.5. The van der Waals surface area contributed by atoms with Crippen LogP contribution in [0, 0.1) is 0 Å². The summed E-state index contributed by atoms with van der Waals surface area (Å²) in [6, 6.07) is 15.3. The lowest BCUT2D eigenvalue weighted by atomic mass is 10.1. The summed E-state index contributed by atoms with van der Waals surface area (Å²) in [5.41, 5.74) is 7.03. The minimum atomic E-state index is -0.854. The molecule has 0 aliphatic rings. The number of hydrogen-bond donors (Lipinski definition) is 3. The number of hydrogen-bond acceptors (Lipinski definition) is 3. The monoisotopic (exact) mass is 351 g/mol. The van der Waals surface area contributed by atoms with E-state index in [4.69, 9.17) is 5.73 Å². The predicted molar refractivity (Wildman–Crippen MR) is 101 cm³/mol. The van der Waals surface area contributed by atoms with Gasteiger partial charge in [0, 0.05) is 6.92 Å². The first kappa shape index (κ1) is 18.9. The van der Waals surface area contributed by atoms with Gasteiger partial charge in [0.05, 0.1) is 11.3 Å². The Hall–Kier alpha value is -3.41. The van der Waals surface area contributed by atoms with E-state index in [0.29, 0.717) is 5.69 Å². The smallest absolute Gasteiger partial charge is 0.254 e. The summed E-state index contributed by atoms with van der Waals surface area (Å²) < 4.78 is 0. The van der Waals surface area contributed by atoms with Gasteiger partial charge in [-0.3, -0.25) is 14.4 Å². The molecule has 0 heterocycles. The van der Waals surface area contributed by atoms with Gasteiger partial charge in [0.25, 0.3) is 5.91 Å². The molecular weight excluding hydrogens is 330 g/mol. The van der Waals surface area contributed by atoms with Crippen molar-refractivity contribution in [1.82, 2.24) is 5.32 Å². The van der Waals surface area contributed by atoms with Crippen molar-refractivity contribution in [2.45, 2.75) is 19.4 Å².